The van der Waals surface area contributed by atoms with E-state index in [9.17, 15) is 18.0 Å². The molecule has 1 aliphatic rings. The van der Waals surface area contributed by atoms with Crippen molar-refractivity contribution in [2.75, 3.05) is 19.3 Å². The van der Waals surface area contributed by atoms with E-state index in [0.717, 1.165) is 11.1 Å². The van der Waals surface area contributed by atoms with Crippen molar-refractivity contribution in [1.82, 2.24) is 9.62 Å². The minimum absolute atomic E-state index is 0.266. The predicted octanol–water partition coefficient (Wildman–Crippen LogP) is 0.529. The first-order chi connectivity index (χ1) is 10.3. The number of hydrogen-bond donors (Lipinski definition) is 2. The highest BCUT2D eigenvalue weighted by molar-refractivity contribution is 7.88. The smallest absolute Gasteiger partial charge is 0.326 e. The number of carbonyl (C=O) groups is 2. The van der Waals surface area contributed by atoms with E-state index in [1.165, 1.54) is 16.2 Å². The van der Waals surface area contributed by atoms with Gasteiger partial charge >= 0.3 is 5.97 Å². The number of thiophene rings is 1. The van der Waals surface area contributed by atoms with Crippen molar-refractivity contribution in [1.29, 1.82) is 0 Å². The summed E-state index contributed by atoms with van der Waals surface area (Å²) in [6.45, 7) is 0.729. The Labute approximate surface area is 133 Å². The van der Waals surface area contributed by atoms with Gasteiger partial charge in [-0.05, 0) is 31.4 Å². The van der Waals surface area contributed by atoms with E-state index in [2.05, 4.69) is 4.72 Å². The number of carbonyl (C=O) groups excluding carboxylic acids is 1. The van der Waals surface area contributed by atoms with E-state index in [-0.39, 0.29) is 12.5 Å². The van der Waals surface area contributed by atoms with Crippen LogP contribution in [0.3, 0.4) is 0 Å². The first-order valence-corrected chi connectivity index (χ1v) is 9.56. The number of rotatable bonds is 6. The van der Waals surface area contributed by atoms with Gasteiger partial charge in [-0.3, -0.25) is 4.79 Å². The minimum Gasteiger partial charge on any atom is -0.480 e. The molecule has 1 aliphatic heterocycles. The van der Waals surface area contributed by atoms with Gasteiger partial charge in [-0.1, -0.05) is 0 Å². The molecule has 122 valence electrons. The van der Waals surface area contributed by atoms with Crippen LogP contribution in [0.25, 0.3) is 0 Å². The van der Waals surface area contributed by atoms with Crippen molar-refractivity contribution in [3.63, 3.8) is 0 Å². The maximum atomic E-state index is 12.4. The first kappa shape index (κ1) is 16.9. The molecule has 2 N–H and O–H groups in total. The molecule has 2 heterocycles. The maximum Gasteiger partial charge on any atom is 0.326 e. The van der Waals surface area contributed by atoms with Crippen LogP contribution in [0.15, 0.2) is 12.1 Å². The number of carboxylic acids is 1. The van der Waals surface area contributed by atoms with Gasteiger partial charge in [-0.25, -0.2) is 17.9 Å². The summed E-state index contributed by atoms with van der Waals surface area (Å²) in [5.41, 5.74) is 0. The molecule has 1 atom stereocenters. The van der Waals surface area contributed by atoms with Crippen molar-refractivity contribution < 1.29 is 23.1 Å². The molecule has 1 aromatic heterocycles. The van der Waals surface area contributed by atoms with E-state index in [1.807, 2.05) is 0 Å². The summed E-state index contributed by atoms with van der Waals surface area (Å²) in [7, 11) is -3.22. The Morgan fingerprint density at radius 3 is 2.82 bits per heavy atom. The van der Waals surface area contributed by atoms with E-state index in [0.29, 0.717) is 30.7 Å². The fourth-order valence-corrected chi connectivity index (χ4v) is 3.83. The lowest BCUT2D eigenvalue weighted by atomic mass is 10.2. The van der Waals surface area contributed by atoms with Gasteiger partial charge in [-0.15, -0.1) is 11.3 Å². The highest BCUT2D eigenvalue weighted by atomic mass is 32.2. The van der Waals surface area contributed by atoms with Crippen LogP contribution in [-0.2, 0) is 21.2 Å². The normalized spacial score (nSPS) is 18.6. The number of carboxylic acid groups (broad SMARTS) is 1. The Morgan fingerprint density at radius 2 is 2.18 bits per heavy atom. The molecule has 2 rings (SSSR count). The molecule has 0 saturated carbocycles. The van der Waals surface area contributed by atoms with Crippen molar-refractivity contribution in [3.05, 3.63) is 21.9 Å². The summed E-state index contributed by atoms with van der Waals surface area (Å²) >= 11 is 1.27. The molecule has 0 radical (unpaired) electrons. The largest absolute Gasteiger partial charge is 0.480 e. The van der Waals surface area contributed by atoms with E-state index in [4.69, 9.17) is 5.11 Å². The average molecular weight is 346 g/mol. The second-order valence-corrected chi connectivity index (χ2v) is 8.18. The monoisotopic (exact) mass is 346 g/mol. The Kier molecular flexibility index (Phi) is 5.20. The molecule has 1 saturated heterocycles. The molecule has 0 spiro atoms. The highest BCUT2D eigenvalue weighted by Gasteiger charge is 2.34. The Morgan fingerprint density at radius 1 is 1.45 bits per heavy atom. The molecular formula is C13H18N2O5S2. The van der Waals surface area contributed by atoms with Gasteiger partial charge in [0, 0.05) is 18.0 Å². The Hall–Kier alpha value is -1.45. The fraction of sp³-hybridized carbons (Fsp3) is 0.538. The topological polar surface area (TPSA) is 104 Å². The molecular weight excluding hydrogens is 328 g/mol. The SMILES string of the molecule is CS(=O)(=O)NCCc1ccc(C(=O)N2CCC[C@H]2C(=O)O)s1. The molecule has 0 aromatic carbocycles. The maximum absolute atomic E-state index is 12.4. The van der Waals surface area contributed by atoms with Gasteiger partial charge in [0.25, 0.3) is 5.91 Å². The van der Waals surface area contributed by atoms with Crippen molar-refractivity contribution in [2.24, 2.45) is 0 Å². The van der Waals surface area contributed by atoms with Crippen LogP contribution in [0.1, 0.15) is 27.4 Å². The lowest BCUT2D eigenvalue weighted by molar-refractivity contribution is -0.141. The summed E-state index contributed by atoms with van der Waals surface area (Å²) in [5, 5.41) is 9.12. The molecule has 7 nitrogen and oxygen atoms in total. The fourth-order valence-electron chi connectivity index (χ4n) is 2.39. The van der Waals surface area contributed by atoms with Gasteiger partial charge in [-0.2, -0.15) is 0 Å². The van der Waals surface area contributed by atoms with Crippen molar-refractivity contribution >= 4 is 33.2 Å². The van der Waals surface area contributed by atoms with Gasteiger partial charge in [0.15, 0.2) is 0 Å². The van der Waals surface area contributed by atoms with Crippen LogP contribution in [-0.4, -0.2) is 55.7 Å². The van der Waals surface area contributed by atoms with Gasteiger partial charge in [0.1, 0.15) is 6.04 Å². The van der Waals surface area contributed by atoms with Gasteiger partial charge in [0.2, 0.25) is 10.0 Å². The second-order valence-electron chi connectivity index (χ2n) is 5.18. The molecule has 22 heavy (non-hydrogen) atoms. The summed E-state index contributed by atoms with van der Waals surface area (Å²) < 4.78 is 24.4. The minimum atomic E-state index is -3.22. The van der Waals surface area contributed by atoms with E-state index >= 15 is 0 Å². The molecule has 0 bridgehead atoms. The average Bonchev–Trinajstić information content (AvgIpc) is 3.05. The third-order valence-corrected chi connectivity index (χ3v) is 5.27. The zero-order valence-corrected chi connectivity index (χ0v) is 13.7. The Balaban J connectivity index is 1.98. The summed E-state index contributed by atoms with van der Waals surface area (Å²) in [5.74, 6) is -1.24. The predicted molar refractivity (Wildman–Crippen MR) is 82.6 cm³/mol. The molecule has 1 aromatic rings. The van der Waals surface area contributed by atoms with Crippen molar-refractivity contribution in [3.8, 4) is 0 Å². The lowest BCUT2D eigenvalue weighted by Crippen LogP contribution is -2.40. The first-order valence-electron chi connectivity index (χ1n) is 6.85. The molecule has 1 fully saturated rings. The van der Waals surface area contributed by atoms with E-state index < -0.39 is 22.0 Å². The third-order valence-electron chi connectivity index (χ3n) is 3.41. The number of aliphatic carboxylic acids is 1. The molecule has 1 amide bonds. The summed E-state index contributed by atoms with van der Waals surface area (Å²) in [6, 6.07) is 2.69. The third kappa shape index (κ3) is 4.28. The quantitative estimate of drug-likeness (QED) is 0.782. The lowest BCUT2D eigenvalue weighted by Gasteiger charge is -2.20. The van der Waals surface area contributed by atoms with Crippen LogP contribution in [0.5, 0.6) is 0 Å². The van der Waals surface area contributed by atoms with Crippen LogP contribution in [0.2, 0.25) is 0 Å². The number of nitrogens with zero attached hydrogens (tertiary/aromatic N) is 1. The van der Waals surface area contributed by atoms with Crippen LogP contribution >= 0.6 is 11.3 Å². The van der Waals surface area contributed by atoms with E-state index in [1.54, 1.807) is 12.1 Å². The highest BCUT2D eigenvalue weighted by Crippen LogP contribution is 2.24. The van der Waals surface area contributed by atoms with Crippen LogP contribution < -0.4 is 4.72 Å². The van der Waals surface area contributed by atoms with Gasteiger partial charge in [0.05, 0.1) is 11.1 Å². The number of amides is 1. The Bertz CT molecular complexity index is 668. The van der Waals surface area contributed by atoms with Crippen molar-refractivity contribution in [2.45, 2.75) is 25.3 Å². The van der Waals surface area contributed by atoms with Crippen LogP contribution in [0, 0.1) is 0 Å². The second kappa shape index (κ2) is 6.76. The zero-order chi connectivity index (χ0) is 16.3. The van der Waals surface area contributed by atoms with Gasteiger partial charge < -0.3 is 10.0 Å². The number of nitrogens with one attached hydrogen (secondary N) is 1. The number of likely N-dealkylation sites (tertiary alicyclic amines) is 1. The number of hydrogen-bond acceptors (Lipinski definition) is 5. The number of sulfonamides is 1. The summed E-state index contributed by atoms with van der Waals surface area (Å²) in [6.07, 6.45) is 2.76. The standard InChI is InChI=1S/C13H18N2O5S2/c1-22(19,20)14-7-6-9-4-5-11(21-9)12(16)15-8-2-3-10(15)13(17)18/h4-5,10,14H,2-3,6-8H2,1H3,(H,17,18)/t10-/m0/s1. The molecule has 0 unspecified atom stereocenters. The zero-order valence-electron chi connectivity index (χ0n) is 12.1. The summed E-state index contributed by atoms with van der Waals surface area (Å²) in [4.78, 5) is 26.3. The molecule has 0 aliphatic carbocycles. The molecule has 9 heteroatoms. The van der Waals surface area contributed by atoms with Crippen LogP contribution in [0.4, 0.5) is 0 Å².